The van der Waals surface area contributed by atoms with E-state index < -0.39 is 17.4 Å². The average molecular weight is 507 g/mol. The highest BCUT2D eigenvalue weighted by Crippen LogP contribution is 2.59. The number of nitrogens with one attached hydrogen (secondary N) is 1. The number of quaternary nitrogens is 1. The molecule has 0 aromatic heterocycles. The molecule has 192 valence electrons. The van der Waals surface area contributed by atoms with Crippen molar-refractivity contribution in [3.8, 4) is 0 Å². The molecule has 1 aliphatic heterocycles. The Morgan fingerprint density at radius 1 is 1.03 bits per heavy atom. The molecular weight excluding hydrogens is 470 g/mol. The Balaban J connectivity index is 0.00000342. The summed E-state index contributed by atoms with van der Waals surface area (Å²) in [5.41, 5.74) is 12.1. The summed E-state index contributed by atoms with van der Waals surface area (Å²) in [6, 6.07) is 7.26. The number of benzene rings is 1. The van der Waals surface area contributed by atoms with Crippen molar-refractivity contribution in [3.05, 3.63) is 35.4 Å². The minimum atomic E-state index is -0.947. The van der Waals surface area contributed by atoms with Crippen molar-refractivity contribution in [1.29, 1.82) is 5.41 Å². The molecule has 2 amide bonds. The van der Waals surface area contributed by atoms with Crippen LogP contribution in [0.15, 0.2) is 24.3 Å². The van der Waals surface area contributed by atoms with E-state index in [-0.39, 0.29) is 53.7 Å². The molecule has 4 rings (SSSR count). The summed E-state index contributed by atoms with van der Waals surface area (Å²) in [6.07, 6.45) is 7.26. The minimum Gasteiger partial charge on any atom is -0.480 e. The van der Waals surface area contributed by atoms with Gasteiger partial charge in [-0.3, -0.25) is 19.9 Å². The van der Waals surface area contributed by atoms with Crippen LogP contribution in [0.1, 0.15) is 62.5 Å². The fourth-order valence-electron chi connectivity index (χ4n) is 6.50. The zero-order valence-corrected chi connectivity index (χ0v) is 20.9. The van der Waals surface area contributed by atoms with Gasteiger partial charge in [0.2, 0.25) is 0 Å². The van der Waals surface area contributed by atoms with E-state index in [0.29, 0.717) is 25.1 Å². The van der Waals surface area contributed by atoms with Gasteiger partial charge in [-0.05, 0) is 25.7 Å². The smallest absolute Gasteiger partial charge is 0.328 e. The third-order valence-electron chi connectivity index (χ3n) is 8.32. The number of carboxylic acids is 1. The Labute approximate surface area is 212 Å². The van der Waals surface area contributed by atoms with Crippen LogP contribution in [0.3, 0.4) is 0 Å². The first-order valence-electron chi connectivity index (χ1n) is 12.3. The van der Waals surface area contributed by atoms with Gasteiger partial charge in [0.15, 0.2) is 5.54 Å². The number of halogens is 1. The standard InChI is InChI=1S/C25H35N5O4.ClH/c26-23(27)18-10-8-17(9-11-18)16-30(12-4-5-19-13-25(19,30)24(28)34)21(31)14-29(15-22(32)33)20-6-2-1-3-7-20;/h8-11,19-20H,1-7,12-16H2,(H5-,26,27,28,32,33,34);1H/p+1/t19-,25+,30?;/m1./s1. The van der Waals surface area contributed by atoms with Crippen molar-refractivity contribution in [2.45, 2.75) is 69.5 Å². The number of carbonyl (C=O) groups is 3. The van der Waals surface area contributed by atoms with Gasteiger partial charge in [-0.15, -0.1) is 12.4 Å². The first-order chi connectivity index (χ1) is 16.2. The summed E-state index contributed by atoms with van der Waals surface area (Å²) in [6.45, 7) is 0.654. The van der Waals surface area contributed by atoms with Crippen molar-refractivity contribution < 1.29 is 24.0 Å². The molecule has 3 atom stereocenters. The number of fused-ring (bicyclic) bond motifs is 1. The molecule has 1 heterocycles. The molecule has 1 aromatic carbocycles. The van der Waals surface area contributed by atoms with Gasteiger partial charge in [-0.2, -0.15) is 0 Å². The highest BCUT2D eigenvalue weighted by Gasteiger charge is 2.76. The van der Waals surface area contributed by atoms with Crippen molar-refractivity contribution >= 4 is 36.0 Å². The molecule has 1 aromatic rings. The van der Waals surface area contributed by atoms with Gasteiger partial charge in [0.25, 0.3) is 5.91 Å². The van der Waals surface area contributed by atoms with E-state index in [2.05, 4.69) is 0 Å². The topological polar surface area (TPSA) is 151 Å². The fraction of sp³-hybridized carbons (Fsp3) is 0.600. The van der Waals surface area contributed by atoms with Crippen LogP contribution < -0.4 is 11.5 Å². The van der Waals surface area contributed by atoms with Gasteiger partial charge in [-0.1, -0.05) is 43.5 Å². The summed E-state index contributed by atoms with van der Waals surface area (Å²) >= 11 is 0. The number of primary amides is 1. The summed E-state index contributed by atoms with van der Waals surface area (Å²) in [7, 11) is 0. The van der Waals surface area contributed by atoms with Gasteiger partial charge in [0.05, 0.1) is 13.1 Å². The Kier molecular flexibility index (Phi) is 8.24. The van der Waals surface area contributed by atoms with E-state index in [1.54, 1.807) is 12.1 Å². The van der Waals surface area contributed by atoms with Gasteiger partial charge >= 0.3 is 11.9 Å². The van der Waals surface area contributed by atoms with Crippen LogP contribution in [0.5, 0.6) is 0 Å². The molecule has 3 fully saturated rings. The number of hydrogen-bond acceptors (Lipinski definition) is 5. The van der Waals surface area contributed by atoms with E-state index >= 15 is 0 Å². The zero-order chi connectivity index (χ0) is 24.5. The first kappa shape index (κ1) is 27.1. The number of aliphatic carboxylic acids is 1. The van der Waals surface area contributed by atoms with E-state index in [1.165, 1.54) is 0 Å². The van der Waals surface area contributed by atoms with E-state index in [9.17, 15) is 19.5 Å². The normalized spacial score (nSPS) is 28.0. The zero-order valence-electron chi connectivity index (χ0n) is 20.1. The van der Waals surface area contributed by atoms with Crippen molar-refractivity contribution in [3.63, 3.8) is 0 Å². The molecule has 9 nitrogen and oxygen atoms in total. The summed E-state index contributed by atoms with van der Waals surface area (Å²) in [4.78, 5) is 40.5. The number of nitrogens with two attached hydrogens (primary N) is 2. The minimum absolute atomic E-state index is 0. The van der Waals surface area contributed by atoms with E-state index in [0.717, 1.165) is 50.5 Å². The third-order valence-corrected chi connectivity index (χ3v) is 8.32. The van der Waals surface area contributed by atoms with Crippen LogP contribution in [0, 0.1) is 11.3 Å². The molecule has 0 radical (unpaired) electrons. The number of piperidine rings is 1. The predicted octanol–water partition coefficient (Wildman–Crippen LogP) is 1.99. The molecule has 35 heavy (non-hydrogen) atoms. The monoisotopic (exact) mass is 506 g/mol. The van der Waals surface area contributed by atoms with Crippen LogP contribution in [-0.2, 0) is 20.9 Å². The Hall–Kier alpha value is -2.49. The van der Waals surface area contributed by atoms with Gasteiger partial charge in [0, 0.05) is 29.5 Å². The van der Waals surface area contributed by atoms with Crippen LogP contribution >= 0.6 is 12.4 Å². The average Bonchev–Trinajstić information content (AvgIpc) is 3.57. The predicted molar refractivity (Wildman–Crippen MR) is 134 cm³/mol. The molecule has 2 aliphatic carbocycles. The number of amides is 2. The number of likely N-dealkylation sites (tertiary alicyclic amines) is 1. The second kappa shape index (κ2) is 10.6. The lowest BCUT2D eigenvalue weighted by molar-refractivity contribution is -0.899. The van der Waals surface area contributed by atoms with Crippen LogP contribution in [0.2, 0.25) is 0 Å². The fourth-order valence-corrected chi connectivity index (χ4v) is 6.50. The maximum atomic E-state index is 14.2. The first-order valence-corrected chi connectivity index (χ1v) is 12.3. The Morgan fingerprint density at radius 3 is 2.26 bits per heavy atom. The van der Waals surface area contributed by atoms with Crippen molar-refractivity contribution in [2.75, 3.05) is 19.6 Å². The molecule has 6 N–H and O–H groups in total. The van der Waals surface area contributed by atoms with Crippen LogP contribution in [0.4, 0.5) is 0 Å². The molecule has 10 heteroatoms. The molecule has 1 unspecified atom stereocenters. The lowest BCUT2D eigenvalue weighted by Crippen LogP contribution is -2.69. The number of amidine groups is 1. The highest BCUT2D eigenvalue weighted by molar-refractivity contribution is 5.95. The lowest BCUT2D eigenvalue weighted by atomic mass is 9.93. The van der Waals surface area contributed by atoms with E-state index in [1.807, 2.05) is 17.0 Å². The summed E-state index contributed by atoms with van der Waals surface area (Å²) < 4.78 is -0.0464. The van der Waals surface area contributed by atoms with Gasteiger partial charge in [0.1, 0.15) is 18.9 Å². The van der Waals surface area contributed by atoms with Crippen LogP contribution in [0.25, 0.3) is 0 Å². The largest absolute Gasteiger partial charge is 0.480 e. The quantitative estimate of drug-likeness (QED) is 0.228. The number of nitrogens with zero attached hydrogens (tertiary/aromatic N) is 2. The molecular formula is C25H37ClN5O4+. The maximum Gasteiger partial charge on any atom is 0.328 e. The van der Waals surface area contributed by atoms with Crippen molar-refractivity contribution in [2.24, 2.45) is 17.4 Å². The number of carbonyl (C=O) groups excluding carboxylic acids is 2. The molecule has 3 aliphatic rings. The maximum absolute atomic E-state index is 14.2. The van der Waals surface area contributed by atoms with Gasteiger partial charge < -0.3 is 16.6 Å². The second-order valence-electron chi connectivity index (χ2n) is 10.3. The lowest BCUT2D eigenvalue weighted by Gasteiger charge is -2.46. The summed E-state index contributed by atoms with van der Waals surface area (Å²) in [5, 5.41) is 17.2. The SMILES string of the molecule is Cl.N=C(N)c1ccc(C[N+]2(C(=O)CN(CC(=O)O)C3CCCCC3)CCC[C@@H]3C[C@@]32C(N)=O)cc1. The summed E-state index contributed by atoms with van der Waals surface area (Å²) in [5.74, 6) is -1.45. The number of carboxylic acid groups (broad SMARTS) is 1. The molecule has 2 saturated carbocycles. The Bertz CT molecular complexity index is 981. The highest BCUT2D eigenvalue weighted by atomic mass is 35.5. The number of rotatable bonds is 9. The van der Waals surface area contributed by atoms with Crippen LogP contribution in [-0.4, -0.2) is 69.3 Å². The molecule has 0 spiro atoms. The second-order valence-corrected chi connectivity index (χ2v) is 10.3. The number of nitrogen functional groups attached to an aromatic ring is 1. The molecule has 0 bridgehead atoms. The van der Waals surface area contributed by atoms with Crippen molar-refractivity contribution in [1.82, 2.24) is 4.90 Å². The number of hydrogen-bond donors (Lipinski definition) is 4. The van der Waals surface area contributed by atoms with E-state index in [4.69, 9.17) is 16.9 Å². The Morgan fingerprint density at radius 2 is 1.69 bits per heavy atom. The third kappa shape index (κ3) is 5.08. The molecule has 1 saturated heterocycles. The van der Waals surface area contributed by atoms with Gasteiger partial charge in [-0.25, -0.2) is 9.28 Å².